The number of rotatable bonds is 5. The van der Waals surface area contributed by atoms with Crippen molar-refractivity contribution in [2.45, 2.75) is 37.6 Å². The Bertz CT molecular complexity index is 363. The summed E-state index contributed by atoms with van der Waals surface area (Å²) in [5.41, 5.74) is 2.78. The maximum atomic E-state index is 3.48. The Labute approximate surface area is 109 Å². The summed E-state index contributed by atoms with van der Waals surface area (Å²) in [7, 11) is 0. The molecule has 2 N–H and O–H groups in total. The Morgan fingerprint density at radius 3 is 3.00 bits per heavy atom. The minimum atomic E-state index is 0.566. The second-order valence-electron chi connectivity index (χ2n) is 4.81. The molecule has 1 heterocycles. The Morgan fingerprint density at radius 1 is 1.29 bits per heavy atom. The SMILES string of the molecule is CC(C)NCCNc1ccc2c(c1)CCCS2. The molecule has 0 fully saturated rings. The van der Waals surface area contributed by atoms with Gasteiger partial charge in [0.1, 0.15) is 0 Å². The fourth-order valence-corrected chi connectivity index (χ4v) is 3.06. The second kappa shape index (κ2) is 6.31. The van der Waals surface area contributed by atoms with Gasteiger partial charge in [0.25, 0.3) is 0 Å². The molecule has 0 unspecified atom stereocenters. The van der Waals surface area contributed by atoms with Crippen LogP contribution in [-0.2, 0) is 6.42 Å². The van der Waals surface area contributed by atoms with Gasteiger partial charge in [-0.3, -0.25) is 0 Å². The molecule has 17 heavy (non-hydrogen) atoms. The van der Waals surface area contributed by atoms with E-state index in [1.807, 2.05) is 11.8 Å². The molecule has 0 saturated carbocycles. The Morgan fingerprint density at radius 2 is 2.18 bits per heavy atom. The van der Waals surface area contributed by atoms with E-state index in [1.165, 1.54) is 34.7 Å². The zero-order chi connectivity index (χ0) is 12.1. The van der Waals surface area contributed by atoms with Gasteiger partial charge < -0.3 is 10.6 Å². The second-order valence-corrected chi connectivity index (χ2v) is 5.95. The van der Waals surface area contributed by atoms with Gasteiger partial charge in [-0.05, 0) is 42.4 Å². The first-order chi connectivity index (χ1) is 8.25. The summed E-state index contributed by atoms with van der Waals surface area (Å²) >= 11 is 1.99. The molecule has 2 nitrogen and oxygen atoms in total. The predicted molar refractivity (Wildman–Crippen MR) is 77.1 cm³/mol. The highest BCUT2D eigenvalue weighted by molar-refractivity contribution is 7.99. The van der Waals surface area contributed by atoms with Crippen molar-refractivity contribution in [1.29, 1.82) is 0 Å². The van der Waals surface area contributed by atoms with Crippen LogP contribution in [0.25, 0.3) is 0 Å². The first-order valence-corrected chi connectivity index (χ1v) is 7.47. The van der Waals surface area contributed by atoms with Crippen LogP contribution in [0.4, 0.5) is 5.69 Å². The Balaban J connectivity index is 1.85. The number of hydrogen-bond donors (Lipinski definition) is 2. The first-order valence-electron chi connectivity index (χ1n) is 6.48. The molecular formula is C14H22N2S. The van der Waals surface area contributed by atoms with Crippen molar-refractivity contribution < 1.29 is 0 Å². The topological polar surface area (TPSA) is 24.1 Å². The molecule has 1 aromatic carbocycles. The van der Waals surface area contributed by atoms with E-state index in [0.29, 0.717) is 6.04 Å². The summed E-state index contributed by atoms with van der Waals surface area (Å²) < 4.78 is 0. The molecule has 1 aliphatic rings. The van der Waals surface area contributed by atoms with Gasteiger partial charge in [0.2, 0.25) is 0 Å². The largest absolute Gasteiger partial charge is 0.384 e. The number of anilines is 1. The van der Waals surface area contributed by atoms with E-state index < -0.39 is 0 Å². The molecule has 0 bridgehead atoms. The van der Waals surface area contributed by atoms with Crippen molar-refractivity contribution in [3.8, 4) is 0 Å². The van der Waals surface area contributed by atoms with Gasteiger partial charge >= 0.3 is 0 Å². The average molecular weight is 250 g/mol. The maximum absolute atomic E-state index is 3.48. The van der Waals surface area contributed by atoms with E-state index in [2.05, 4.69) is 42.7 Å². The quantitative estimate of drug-likeness (QED) is 0.785. The number of thioether (sulfide) groups is 1. The number of fused-ring (bicyclic) bond motifs is 1. The molecular weight excluding hydrogens is 228 g/mol. The van der Waals surface area contributed by atoms with Gasteiger partial charge in [-0.25, -0.2) is 0 Å². The summed E-state index contributed by atoms with van der Waals surface area (Å²) in [5, 5.41) is 6.89. The molecule has 0 aliphatic carbocycles. The maximum Gasteiger partial charge on any atom is 0.0344 e. The molecule has 94 valence electrons. The van der Waals surface area contributed by atoms with Gasteiger partial charge in [0.15, 0.2) is 0 Å². The fraction of sp³-hybridized carbons (Fsp3) is 0.571. The van der Waals surface area contributed by atoms with Gasteiger partial charge in [0, 0.05) is 29.7 Å². The molecule has 0 saturated heterocycles. The monoisotopic (exact) mass is 250 g/mol. The van der Waals surface area contributed by atoms with Crippen molar-refractivity contribution in [2.75, 3.05) is 24.2 Å². The molecule has 0 atom stereocenters. The van der Waals surface area contributed by atoms with E-state index in [9.17, 15) is 0 Å². The van der Waals surface area contributed by atoms with Crippen LogP contribution in [0.15, 0.2) is 23.1 Å². The molecule has 0 spiro atoms. The molecule has 0 amide bonds. The number of nitrogens with one attached hydrogen (secondary N) is 2. The Kier molecular flexibility index (Phi) is 4.75. The molecule has 2 rings (SSSR count). The first kappa shape index (κ1) is 12.8. The van der Waals surface area contributed by atoms with Crippen molar-refractivity contribution >= 4 is 17.4 Å². The van der Waals surface area contributed by atoms with Crippen LogP contribution in [0.5, 0.6) is 0 Å². The molecule has 3 heteroatoms. The van der Waals surface area contributed by atoms with Crippen LogP contribution < -0.4 is 10.6 Å². The van der Waals surface area contributed by atoms with Crippen LogP contribution in [0, 0.1) is 0 Å². The van der Waals surface area contributed by atoms with Crippen molar-refractivity contribution in [1.82, 2.24) is 5.32 Å². The van der Waals surface area contributed by atoms with E-state index in [1.54, 1.807) is 0 Å². The third-order valence-corrected chi connectivity index (χ3v) is 4.12. The summed E-state index contributed by atoms with van der Waals surface area (Å²) in [5.74, 6) is 1.28. The third kappa shape index (κ3) is 3.93. The van der Waals surface area contributed by atoms with E-state index in [-0.39, 0.29) is 0 Å². The molecule has 1 aromatic rings. The lowest BCUT2D eigenvalue weighted by Crippen LogP contribution is -2.28. The molecule has 0 radical (unpaired) electrons. The van der Waals surface area contributed by atoms with Gasteiger partial charge in [-0.15, -0.1) is 11.8 Å². The zero-order valence-electron chi connectivity index (χ0n) is 10.8. The van der Waals surface area contributed by atoms with E-state index >= 15 is 0 Å². The number of aryl methyl sites for hydroxylation is 1. The van der Waals surface area contributed by atoms with E-state index in [0.717, 1.165) is 13.1 Å². The summed E-state index contributed by atoms with van der Waals surface area (Å²) in [4.78, 5) is 1.47. The smallest absolute Gasteiger partial charge is 0.0344 e. The number of benzene rings is 1. The van der Waals surface area contributed by atoms with Crippen LogP contribution >= 0.6 is 11.8 Å². The molecule has 1 aliphatic heterocycles. The normalized spacial score (nSPS) is 14.8. The van der Waals surface area contributed by atoms with Crippen molar-refractivity contribution in [2.24, 2.45) is 0 Å². The summed E-state index contributed by atoms with van der Waals surface area (Å²) in [6, 6.07) is 7.34. The highest BCUT2D eigenvalue weighted by Crippen LogP contribution is 2.31. The minimum absolute atomic E-state index is 0.566. The Hall–Kier alpha value is -0.670. The summed E-state index contributed by atoms with van der Waals surface area (Å²) in [6.45, 7) is 6.36. The number of hydrogen-bond acceptors (Lipinski definition) is 3. The van der Waals surface area contributed by atoms with Crippen LogP contribution in [-0.4, -0.2) is 24.9 Å². The van der Waals surface area contributed by atoms with Crippen LogP contribution in [0.1, 0.15) is 25.8 Å². The summed E-state index contributed by atoms with van der Waals surface area (Å²) in [6.07, 6.45) is 2.55. The van der Waals surface area contributed by atoms with Crippen molar-refractivity contribution in [3.63, 3.8) is 0 Å². The van der Waals surface area contributed by atoms with Crippen LogP contribution in [0.3, 0.4) is 0 Å². The van der Waals surface area contributed by atoms with Crippen molar-refractivity contribution in [3.05, 3.63) is 23.8 Å². The lowest BCUT2D eigenvalue weighted by atomic mass is 10.1. The average Bonchev–Trinajstić information content (AvgIpc) is 2.34. The molecule has 0 aromatic heterocycles. The lowest BCUT2D eigenvalue weighted by molar-refractivity contribution is 0.602. The standard InChI is InChI=1S/C14H22N2S/c1-11(2)15-7-8-16-13-5-6-14-12(10-13)4-3-9-17-14/h5-6,10-11,15-16H,3-4,7-9H2,1-2H3. The lowest BCUT2D eigenvalue weighted by Gasteiger charge is -2.17. The van der Waals surface area contributed by atoms with Gasteiger partial charge in [-0.2, -0.15) is 0 Å². The van der Waals surface area contributed by atoms with E-state index in [4.69, 9.17) is 0 Å². The van der Waals surface area contributed by atoms with Gasteiger partial charge in [-0.1, -0.05) is 13.8 Å². The zero-order valence-corrected chi connectivity index (χ0v) is 11.6. The third-order valence-electron chi connectivity index (χ3n) is 2.92. The van der Waals surface area contributed by atoms with Gasteiger partial charge in [0.05, 0.1) is 0 Å². The highest BCUT2D eigenvalue weighted by Gasteiger charge is 2.09. The minimum Gasteiger partial charge on any atom is -0.384 e. The van der Waals surface area contributed by atoms with Crippen LogP contribution in [0.2, 0.25) is 0 Å². The fourth-order valence-electron chi connectivity index (χ4n) is 2.04. The highest BCUT2D eigenvalue weighted by atomic mass is 32.2. The predicted octanol–water partition coefficient (Wildman–Crippen LogP) is 3.13.